The molecule has 1 fully saturated rings. The lowest BCUT2D eigenvalue weighted by molar-refractivity contribution is 0.0934. The van der Waals surface area contributed by atoms with Gasteiger partial charge in [-0.05, 0) is 29.7 Å². The Hall–Kier alpha value is -1.91. The van der Waals surface area contributed by atoms with Crippen molar-refractivity contribution in [3.63, 3.8) is 0 Å². The summed E-state index contributed by atoms with van der Waals surface area (Å²) < 4.78 is 7.02. The second-order valence-corrected chi connectivity index (χ2v) is 6.22. The lowest BCUT2D eigenvalue weighted by Crippen LogP contribution is -2.39. The third-order valence-electron chi connectivity index (χ3n) is 3.85. The molecule has 0 saturated carbocycles. The topological polar surface area (TPSA) is 25.4 Å². The summed E-state index contributed by atoms with van der Waals surface area (Å²) in [7, 11) is 0. The fourth-order valence-electron chi connectivity index (χ4n) is 2.79. The van der Waals surface area contributed by atoms with Gasteiger partial charge >= 0.3 is 0 Å². The Labute approximate surface area is 127 Å². The van der Waals surface area contributed by atoms with Gasteiger partial charge in [0.1, 0.15) is 0 Å². The van der Waals surface area contributed by atoms with Gasteiger partial charge in [-0.3, -0.25) is 4.98 Å². The minimum Gasteiger partial charge on any atom is -0.377 e. The van der Waals surface area contributed by atoms with Crippen LogP contribution in [0.2, 0.25) is 0 Å². The Morgan fingerprint density at radius 1 is 1.14 bits per heavy atom. The fourth-order valence-corrected chi connectivity index (χ4v) is 3.93. The molecule has 1 aliphatic rings. The molecule has 3 aromatic rings. The van der Waals surface area contributed by atoms with Gasteiger partial charge in [0.05, 0.1) is 30.0 Å². The van der Waals surface area contributed by atoms with Gasteiger partial charge in [0.2, 0.25) is 0 Å². The highest BCUT2D eigenvalue weighted by Gasteiger charge is 2.26. The van der Waals surface area contributed by atoms with E-state index < -0.39 is 0 Å². The molecule has 0 amide bonds. The van der Waals surface area contributed by atoms with Crippen LogP contribution in [0, 0.1) is 0 Å². The number of thiophene rings is 1. The molecular formula is C17H16N2OS. The van der Waals surface area contributed by atoms with Gasteiger partial charge in [0.15, 0.2) is 0 Å². The van der Waals surface area contributed by atoms with Gasteiger partial charge < -0.3 is 9.64 Å². The van der Waals surface area contributed by atoms with Gasteiger partial charge in [-0.2, -0.15) is 0 Å². The predicted molar refractivity (Wildman–Crippen MR) is 87.0 cm³/mol. The number of fused-ring (bicyclic) bond motifs is 1. The number of hydrogen-bond donors (Lipinski definition) is 0. The van der Waals surface area contributed by atoms with Crippen molar-refractivity contribution in [1.82, 2.24) is 4.98 Å². The zero-order chi connectivity index (χ0) is 14.1. The molecule has 1 atom stereocenters. The molecule has 2 aromatic heterocycles. The highest BCUT2D eigenvalue weighted by atomic mass is 32.1. The van der Waals surface area contributed by atoms with Gasteiger partial charge in [-0.25, -0.2) is 0 Å². The molecule has 21 heavy (non-hydrogen) atoms. The molecule has 1 aliphatic heterocycles. The van der Waals surface area contributed by atoms with E-state index in [1.165, 1.54) is 15.1 Å². The number of pyridine rings is 1. The van der Waals surface area contributed by atoms with E-state index in [-0.39, 0.29) is 6.04 Å². The molecule has 3 nitrogen and oxygen atoms in total. The lowest BCUT2D eigenvalue weighted by atomic mass is 10.1. The highest BCUT2D eigenvalue weighted by molar-refractivity contribution is 7.22. The number of morpholine rings is 1. The summed E-state index contributed by atoms with van der Waals surface area (Å²) in [6, 6.07) is 17.1. The van der Waals surface area contributed by atoms with E-state index in [1.54, 1.807) is 0 Å². The van der Waals surface area contributed by atoms with Crippen LogP contribution in [0.15, 0.2) is 54.7 Å². The molecule has 3 heterocycles. The number of rotatable bonds is 2. The van der Waals surface area contributed by atoms with E-state index in [2.05, 4.69) is 46.3 Å². The number of hydrogen-bond acceptors (Lipinski definition) is 4. The van der Waals surface area contributed by atoms with Crippen molar-refractivity contribution in [1.29, 1.82) is 0 Å². The molecule has 0 bridgehead atoms. The summed E-state index contributed by atoms with van der Waals surface area (Å²) in [5, 5.41) is 2.61. The number of anilines is 1. The van der Waals surface area contributed by atoms with Crippen LogP contribution in [0.3, 0.4) is 0 Å². The number of aromatic nitrogens is 1. The molecule has 4 heteroatoms. The molecule has 0 N–H and O–H groups in total. The third-order valence-corrected chi connectivity index (χ3v) is 5.01. The monoisotopic (exact) mass is 296 g/mol. The van der Waals surface area contributed by atoms with Gasteiger partial charge in [-0.1, -0.05) is 24.3 Å². The molecule has 4 rings (SSSR count). The zero-order valence-corrected chi connectivity index (χ0v) is 12.4. The van der Waals surface area contributed by atoms with Crippen LogP contribution in [-0.4, -0.2) is 24.7 Å². The van der Waals surface area contributed by atoms with Crippen LogP contribution < -0.4 is 4.90 Å². The van der Waals surface area contributed by atoms with Crippen molar-refractivity contribution in [3.05, 3.63) is 60.4 Å². The van der Waals surface area contributed by atoms with Crippen molar-refractivity contribution >= 4 is 26.4 Å². The summed E-state index contributed by atoms with van der Waals surface area (Å²) in [4.78, 5) is 6.94. The van der Waals surface area contributed by atoms with Crippen LogP contribution in [0.25, 0.3) is 10.1 Å². The standard InChI is InChI=1S/C17H16N2OS/c1-2-7-16-13(5-1)11-17(21-16)19-9-10-20-12-15(19)14-6-3-4-8-18-14/h1-8,11,15H,9-10,12H2. The van der Waals surface area contributed by atoms with Crippen molar-refractivity contribution in [2.45, 2.75) is 6.04 Å². The highest BCUT2D eigenvalue weighted by Crippen LogP contribution is 2.37. The summed E-state index contributed by atoms with van der Waals surface area (Å²) >= 11 is 1.84. The van der Waals surface area contributed by atoms with Crippen LogP contribution in [0.5, 0.6) is 0 Å². The maximum absolute atomic E-state index is 5.69. The Kier molecular flexibility index (Phi) is 3.33. The molecule has 1 unspecified atom stereocenters. The quantitative estimate of drug-likeness (QED) is 0.717. The summed E-state index contributed by atoms with van der Waals surface area (Å²) in [5.41, 5.74) is 1.08. The van der Waals surface area contributed by atoms with Gasteiger partial charge in [-0.15, -0.1) is 11.3 Å². The van der Waals surface area contributed by atoms with Crippen LogP contribution in [0.4, 0.5) is 5.00 Å². The molecule has 1 aromatic carbocycles. The number of nitrogens with zero attached hydrogens (tertiary/aromatic N) is 2. The van der Waals surface area contributed by atoms with Crippen molar-refractivity contribution in [2.75, 3.05) is 24.7 Å². The Morgan fingerprint density at radius 2 is 2.05 bits per heavy atom. The van der Waals surface area contributed by atoms with E-state index >= 15 is 0 Å². The first-order chi connectivity index (χ1) is 10.4. The van der Waals surface area contributed by atoms with Crippen molar-refractivity contribution in [2.24, 2.45) is 0 Å². The lowest BCUT2D eigenvalue weighted by Gasteiger charge is -2.35. The minimum atomic E-state index is 0.202. The zero-order valence-electron chi connectivity index (χ0n) is 11.6. The molecule has 0 aliphatic carbocycles. The molecule has 106 valence electrons. The Balaban J connectivity index is 1.73. The first-order valence-corrected chi connectivity index (χ1v) is 7.97. The van der Waals surface area contributed by atoms with Gasteiger partial charge in [0.25, 0.3) is 0 Å². The number of benzene rings is 1. The molecule has 1 saturated heterocycles. The average molecular weight is 296 g/mol. The van der Waals surface area contributed by atoms with E-state index in [9.17, 15) is 0 Å². The summed E-state index contributed by atoms with van der Waals surface area (Å²) in [6.45, 7) is 2.39. The first-order valence-electron chi connectivity index (χ1n) is 7.16. The SMILES string of the molecule is c1ccc(C2COCCN2c2cc3ccccc3s2)nc1. The normalized spacial score (nSPS) is 19.0. The second kappa shape index (κ2) is 5.47. The van der Waals surface area contributed by atoms with E-state index in [0.717, 1.165) is 18.8 Å². The molecule has 0 spiro atoms. The van der Waals surface area contributed by atoms with E-state index in [1.807, 2.05) is 29.7 Å². The third kappa shape index (κ3) is 2.41. The fraction of sp³-hybridized carbons (Fsp3) is 0.235. The maximum Gasteiger partial charge on any atom is 0.0955 e. The van der Waals surface area contributed by atoms with Crippen LogP contribution in [-0.2, 0) is 4.74 Å². The van der Waals surface area contributed by atoms with Crippen LogP contribution in [0.1, 0.15) is 11.7 Å². The summed E-state index contributed by atoms with van der Waals surface area (Å²) in [6.07, 6.45) is 1.85. The Morgan fingerprint density at radius 3 is 2.90 bits per heavy atom. The first kappa shape index (κ1) is 12.8. The smallest absolute Gasteiger partial charge is 0.0955 e. The minimum absolute atomic E-state index is 0.202. The summed E-state index contributed by atoms with van der Waals surface area (Å²) in [5.74, 6) is 0. The van der Waals surface area contributed by atoms with Crippen molar-refractivity contribution < 1.29 is 4.74 Å². The molecule has 0 radical (unpaired) electrons. The van der Waals surface area contributed by atoms with E-state index in [4.69, 9.17) is 4.74 Å². The number of ether oxygens (including phenoxy) is 1. The van der Waals surface area contributed by atoms with E-state index in [0.29, 0.717) is 6.61 Å². The maximum atomic E-state index is 5.69. The average Bonchev–Trinajstić information content (AvgIpc) is 2.99. The van der Waals surface area contributed by atoms with Crippen LogP contribution >= 0.6 is 11.3 Å². The van der Waals surface area contributed by atoms with Gasteiger partial charge in [0, 0.05) is 17.4 Å². The predicted octanol–water partition coefficient (Wildman–Crippen LogP) is 3.87. The largest absolute Gasteiger partial charge is 0.377 e. The molecular weight excluding hydrogens is 280 g/mol. The van der Waals surface area contributed by atoms with Crippen molar-refractivity contribution in [3.8, 4) is 0 Å². The second-order valence-electron chi connectivity index (χ2n) is 5.16. The Bertz CT molecular complexity index is 708.